The van der Waals surface area contributed by atoms with Gasteiger partial charge in [-0.3, -0.25) is 19.2 Å². The van der Waals surface area contributed by atoms with Gasteiger partial charge in [0.25, 0.3) is 11.1 Å². The molecule has 13 heteroatoms. The summed E-state index contributed by atoms with van der Waals surface area (Å²) >= 11 is 0.724. The highest BCUT2D eigenvalue weighted by Crippen LogP contribution is 2.41. The molecule has 0 radical (unpaired) electrons. The summed E-state index contributed by atoms with van der Waals surface area (Å²) in [4.78, 5) is 29.8. The standard InChI is InChI=1S/C22H14F3N5O4S/c23-22(24,25)15-7-14(10-26)2-3-17(15)34-18-4-1-13(8-16(18)31)9-19-20(32)30(21(33)35-19)6-5-29-12-27-11-28-29/h1-4,7-9,11-12,31H,5-6H2/b19-9-. The first-order valence-corrected chi connectivity index (χ1v) is 10.7. The average Bonchev–Trinajstić information content (AvgIpc) is 3.42. The summed E-state index contributed by atoms with van der Waals surface area (Å²) < 4.78 is 46.8. The number of carbonyl (C=O) groups is 2. The molecule has 0 spiro atoms. The second-order valence-electron chi connectivity index (χ2n) is 7.14. The quantitative estimate of drug-likeness (QED) is 0.493. The fourth-order valence-corrected chi connectivity index (χ4v) is 4.00. The highest BCUT2D eigenvalue weighted by Gasteiger charge is 2.36. The second-order valence-corrected chi connectivity index (χ2v) is 8.13. The number of carbonyl (C=O) groups excluding carboxylic acids is 2. The molecule has 0 bridgehead atoms. The fraction of sp³-hybridized carbons (Fsp3) is 0.136. The molecular weight excluding hydrogens is 487 g/mol. The van der Waals surface area contributed by atoms with Crippen LogP contribution in [-0.2, 0) is 17.5 Å². The van der Waals surface area contributed by atoms with E-state index in [9.17, 15) is 27.9 Å². The molecule has 1 aliphatic rings. The van der Waals surface area contributed by atoms with Gasteiger partial charge in [-0.05, 0) is 53.7 Å². The van der Waals surface area contributed by atoms with Gasteiger partial charge in [-0.25, -0.2) is 4.98 Å². The zero-order valence-electron chi connectivity index (χ0n) is 17.6. The first kappa shape index (κ1) is 23.8. The van der Waals surface area contributed by atoms with Gasteiger partial charge in [0.05, 0.1) is 28.6 Å². The monoisotopic (exact) mass is 501 g/mol. The second kappa shape index (κ2) is 9.51. The van der Waals surface area contributed by atoms with E-state index in [-0.39, 0.29) is 29.3 Å². The SMILES string of the molecule is N#Cc1ccc(Oc2ccc(/C=C3\SC(=O)N(CCn4cncn4)C3=O)cc2O)c(C(F)(F)F)c1. The highest BCUT2D eigenvalue weighted by molar-refractivity contribution is 8.18. The minimum absolute atomic E-state index is 0.0928. The summed E-state index contributed by atoms with van der Waals surface area (Å²) in [5.41, 5.74) is -1.04. The van der Waals surface area contributed by atoms with Crippen LogP contribution in [-0.4, -0.2) is 42.5 Å². The van der Waals surface area contributed by atoms with Crippen molar-refractivity contribution in [3.63, 3.8) is 0 Å². The summed E-state index contributed by atoms with van der Waals surface area (Å²) in [6, 6.07) is 8.27. The third kappa shape index (κ3) is 5.28. The van der Waals surface area contributed by atoms with Gasteiger partial charge in [0.1, 0.15) is 18.4 Å². The molecule has 178 valence electrons. The normalized spacial score (nSPS) is 15.0. The molecule has 0 aliphatic carbocycles. The maximum absolute atomic E-state index is 13.4. The van der Waals surface area contributed by atoms with Gasteiger partial charge in [-0.2, -0.15) is 23.5 Å². The van der Waals surface area contributed by atoms with Crippen molar-refractivity contribution in [2.75, 3.05) is 6.54 Å². The molecule has 1 aromatic heterocycles. The maximum Gasteiger partial charge on any atom is 0.420 e. The Morgan fingerprint density at radius 2 is 1.91 bits per heavy atom. The molecule has 0 saturated carbocycles. The zero-order valence-corrected chi connectivity index (χ0v) is 18.4. The van der Waals surface area contributed by atoms with Gasteiger partial charge in [0.2, 0.25) is 0 Å². The number of aromatic hydroxyl groups is 1. The van der Waals surface area contributed by atoms with E-state index in [0.717, 1.165) is 28.8 Å². The molecule has 2 aromatic carbocycles. The highest BCUT2D eigenvalue weighted by atomic mass is 32.2. The molecule has 1 N–H and O–H groups in total. The number of phenols is 1. The lowest BCUT2D eigenvalue weighted by atomic mass is 10.1. The molecule has 1 fully saturated rings. The van der Waals surface area contributed by atoms with Crippen molar-refractivity contribution in [3.05, 3.63) is 70.6 Å². The molecule has 2 heterocycles. The molecule has 1 aliphatic heterocycles. The number of thioether (sulfide) groups is 1. The number of nitrogens with zero attached hydrogens (tertiary/aromatic N) is 5. The zero-order chi connectivity index (χ0) is 25.2. The average molecular weight is 501 g/mol. The smallest absolute Gasteiger partial charge is 0.420 e. The van der Waals surface area contributed by atoms with E-state index in [0.29, 0.717) is 11.6 Å². The Morgan fingerprint density at radius 3 is 2.57 bits per heavy atom. The number of aromatic nitrogens is 3. The lowest BCUT2D eigenvalue weighted by Crippen LogP contribution is -2.31. The Hall–Kier alpha value is -4.31. The van der Waals surface area contributed by atoms with Gasteiger partial charge in [-0.1, -0.05) is 6.07 Å². The number of benzene rings is 2. The molecule has 3 aromatic rings. The number of imide groups is 1. The number of amides is 2. The van der Waals surface area contributed by atoms with Crippen LogP contribution in [0, 0.1) is 11.3 Å². The molecule has 1 saturated heterocycles. The number of alkyl halides is 3. The minimum atomic E-state index is -4.78. The molecular formula is C22H14F3N5O4S. The largest absolute Gasteiger partial charge is 0.504 e. The van der Waals surface area contributed by atoms with Crippen molar-refractivity contribution in [1.82, 2.24) is 19.7 Å². The van der Waals surface area contributed by atoms with Crippen LogP contribution in [0.5, 0.6) is 17.2 Å². The van der Waals surface area contributed by atoms with Gasteiger partial charge >= 0.3 is 6.18 Å². The molecule has 35 heavy (non-hydrogen) atoms. The topological polar surface area (TPSA) is 121 Å². The summed E-state index contributed by atoms with van der Waals surface area (Å²) in [6.45, 7) is 0.364. The first-order chi connectivity index (χ1) is 16.7. The number of phenolic OH excluding ortho intramolecular Hbond substituents is 1. The van der Waals surface area contributed by atoms with Crippen molar-refractivity contribution < 1.29 is 32.6 Å². The van der Waals surface area contributed by atoms with Gasteiger partial charge in [0, 0.05) is 6.54 Å². The number of hydrogen-bond acceptors (Lipinski definition) is 8. The first-order valence-electron chi connectivity index (χ1n) is 9.85. The van der Waals surface area contributed by atoms with Crippen molar-refractivity contribution in [1.29, 1.82) is 5.26 Å². The van der Waals surface area contributed by atoms with E-state index in [1.165, 1.54) is 41.6 Å². The van der Waals surface area contributed by atoms with Crippen LogP contribution in [0.15, 0.2) is 54.0 Å². The number of halogens is 3. The van der Waals surface area contributed by atoms with Crippen LogP contribution >= 0.6 is 11.8 Å². The van der Waals surface area contributed by atoms with Gasteiger partial charge in [-0.15, -0.1) is 0 Å². The predicted molar refractivity (Wildman–Crippen MR) is 117 cm³/mol. The molecule has 9 nitrogen and oxygen atoms in total. The molecule has 4 rings (SSSR count). The van der Waals surface area contributed by atoms with Crippen molar-refractivity contribution in [2.24, 2.45) is 0 Å². The van der Waals surface area contributed by atoms with E-state index < -0.39 is 34.4 Å². The Morgan fingerprint density at radius 1 is 1.14 bits per heavy atom. The molecule has 0 unspecified atom stereocenters. The summed E-state index contributed by atoms with van der Waals surface area (Å²) in [7, 11) is 0. The van der Waals surface area contributed by atoms with Crippen LogP contribution in [0.1, 0.15) is 16.7 Å². The van der Waals surface area contributed by atoms with Crippen LogP contribution in [0.2, 0.25) is 0 Å². The third-order valence-electron chi connectivity index (χ3n) is 4.81. The van der Waals surface area contributed by atoms with Crippen LogP contribution < -0.4 is 4.74 Å². The van der Waals surface area contributed by atoms with E-state index in [1.807, 2.05) is 0 Å². The van der Waals surface area contributed by atoms with Gasteiger partial charge < -0.3 is 9.84 Å². The Kier molecular flexibility index (Phi) is 6.48. The minimum Gasteiger partial charge on any atom is -0.504 e. The van der Waals surface area contributed by atoms with E-state index in [2.05, 4.69) is 10.1 Å². The van der Waals surface area contributed by atoms with Crippen LogP contribution in [0.3, 0.4) is 0 Å². The number of nitriles is 1. The number of ether oxygens (including phenoxy) is 1. The maximum atomic E-state index is 13.4. The Balaban J connectivity index is 1.52. The molecule has 2 amide bonds. The number of hydrogen-bond donors (Lipinski definition) is 1. The summed E-state index contributed by atoms with van der Waals surface area (Å²) in [5.74, 6) is -1.86. The predicted octanol–water partition coefficient (Wildman–Crippen LogP) is 4.40. The Labute approximate surface area is 200 Å². The van der Waals surface area contributed by atoms with Crippen molar-refractivity contribution >= 4 is 29.0 Å². The summed E-state index contributed by atoms with van der Waals surface area (Å²) in [6.07, 6.45) is -0.614. The summed E-state index contributed by atoms with van der Waals surface area (Å²) in [5, 5.41) is 22.6. The van der Waals surface area contributed by atoms with E-state index >= 15 is 0 Å². The van der Waals surface area contributed by atoms with Gasteiger partial charge in [0.15, 0.2) is 11.5 Å². The van der Waals surface area contributed by atoms with Crippen molar-refractivity contribution in [2.45, 2.75) is 12.7 Å². The Bertz CT molecular complexity index is 1370. The van der Waals surface area contributed by atoms with Crippen LogP contribution in [0.25, 0.3) is 6.08 Å². The van der Waals surface area contributed by atoms with Crippen LogP contribution in [0.4, 0.5) is 18.0 Å². The van der Waals surface area contributed by atoms with Crippen molar-refractivity contribution in [3.8, 4) is 23.3 Å². The lowest BCUT2D eigenvalue weighted by molar-refractivity contribution is -0.138. The van der Waals surface area contributed by atoms with E-state index in [1.54, 1.807) is 6.07 Å². The molecule has 0 atom stereocenters. The van der Waals surface area contributed by atoms with E-state index in [4.69, 9.17) is 10.00 Å². The fourth-order valence-electron chi connectivity index (χ4n) is 3.13. The number of rotatable bonds is 6. The third-order valence-corrected chi connectivity index (χ3v) is 5.72. The lowest BCUT2D eigenvalue weighted by Gasteiger charge is -2.15.